The van der Waals surface area contributed by atoms with Crippen LogP contribution in [0.1, 0.15) is 30.4 Å². The van der Waals surface area contributed by atoms with E-state index in [2.05, 4.69) is 29.6 Å². The highest BCUT2D eigenvalue weighted by Crippen LogP contribution is 2.35. The number of aromatic nitrogens is 1. The molecule has 0 radical (unpaired) electrons. The Morgan fingerprint density at radius 2 is 2.38 bits per heavy atom. The molecular formula is C11H18N2. The van der Waals surface area contributed by atoms with E-state index in [4.69, 9.17) is 0 Å². The van der Waals surface area contributed by atoms with E-state index >= 15 is 0 Å². The molecule has 1 heterocycles. The van der Waals surface area contributed by atoms with Gasteiger partial charge in [0.15, 0.2) is 0 Å². The lowest BCUT2D eigenvalue weighted by Crippen LogP contribution is -2.26. The first-order chi connectivity index (χ1) is 6.33. The number of rotatable bonds is 2. The van der Waals surface area contributed by atoms with Crippen molar-refractivity contribution in [3.05, 3.63) is 23.5 Å². The van der Waals surface area contributed by atoms with E-state index in [-0.39, 0.29) is 0 Å². The zero-order chi connectivity index (χ0) is 9.26. The molecule has 2 heteroatoms. The Labute approximate surface area is 79.7 Å². The summed E-state index contributed by atoms with van der Waals surface area (Å²) in [6.45, 7) is 3.46. The number of H-pyrrole nitrogens is 1. The van der Waals surface area contributed by atoms with Crippen LogP contribution in [0.5, 0.6) is 0 Å². The van der Waals surface area contributed by atoms with Crippen LogP contribution in [0, 0.1) is 5.92 Å². The molecule has 1 aromatic rings. The Morgan fingerprint density at radius 1 is 1.54 bits per heavy atom. The van der Waals surface area contributed by atoms with Gasteiger partial charge in [-0.05, 0) is 36.9 Å². The van der Waals surface area contributed by atoms with Gasteiger partial charge in [-0.25, -0.2) is 0 Å². The summed E-state index contributed by atoms with van der Waals surface area (Å²) in [6.07, 6.45) is 6.91. The molecule has 0 spiro atoms. The molecule has 13 heavy (non-hydrogen) atoms. The molecule has 2 atom stereocenters. The van der Waals surface area contributed by atoms with Crippen molar-refractivity contribution in [2.75, 3.05) is 13.6 Å². The van der Waals surface area contributed by atoms with Gasteiger partial charge in [-0.3, -0.25) is 0 Å². The van der Waals surface area contributed by atoms with E-state index in [9.17, 15) is 0 Å². The first-order valence-electron chi connectivity index (χ1n) is 5.13. The molecule has 0 aromatic carbocycles. The normalized spacial score (nSPS) is 27.2. The van der Waals surface area contributed by atoms with Crippen molar-refractivity contribution in [3.63, 3.8) is 0 Å². The fraction of sp³-hybridized carbons (Fsp3) is 0.636. The van der Waals surface area contributed by atoms with E-state index in [0.717, 1.165) is 12.5 Å². The number of aromatic amines is 1. The van der Waals surface area contributed by atoms with Crippen molar-refractivity contribution < 1.29 is 0 Å². The van der Waals surface area contributed by atoms with Crippen LogP contribution in [0.4, 0.5) is 0 Å². The lowest BCUT2D eigenvalue weighted by atomic mass is 9.78. The lowest BCUT2D eigenvalue weighted by Gasteiger charge is -2.29. The topological polar surface area (TPSA) is 27.8 Å². The Bertz CT molecular complexity index is 277. The summed E-state index contributed by atoms with van der Waals surface area (Å²) in [5.41, 5.74) is 3.06. The third kappa shape index (κ3) is 1.51. The zero-order valence-electron chi connectivity index (χ0n) is 8.43. The molecule has 1 aliphatic carbocycles. The van der Waals surface area contributed by atoms with E-state index < -0.39 is 0 Å². The van der Waals surface area contributed by atoms with E-state index in [0.29, 0.717) is 5.92 Å². The van der Waals surface area contributed by atoms with Crippen molar-refractivity contribution in [2.24, 2.45) is 5.92 Å². The number of nitrogens with one attached hydrogen (secondary N) is 2. The highest BCUT2D eigenvalue weighted by atomic mass is 14.8. The Hall–Kier alpha value is -0.760. The molecule has 0 bridgehead atoms. The molecule has 2 unspecified atom stereocenters. The average Bonchev–Trinajstić information content (AvgIpc) is 2.58. The van der Waals surface area contributed by atoms with Crippen molar-refractivity contribution >= 4 is 0 Å². The first kappa shape index (κ1) is 8.82. The third-order valence-electron chi connectivity index (χ3n) is 3.25. The fourth-order valence-electron chi connectivity index (χ4n) is 2.39. The molecule has 0 amide bonds. The summed E-state index contributed by atoms with van der Waals surface area (Å²) >= 11 is 0. The van der Waals surface area contributed by atoms with Gasteiger partial charge in [-0.1, -0.05) is 6.92 Å². The Morgan fingerprint density at radius 3 is 3.15 bits per heavy atom. The average molecular weight is 178 g/mol. The zero-order valence-corrected chi connectivity index (χ0v) is 8.43. The lowest BCUT2D eigenvalue weighted by molar-refractivity contribution is 0.394. The van der Waals surface area contributed by atoms with Crippen molar-refractivity contribution in [3.8, 4) is 0 Å². The molecule has 72 valence electrons. The van der Waals surface area contributed by atoms with Crippen molar-refractivity contribution in [1.82, 2.24) is 10.3 Å². The summed E-state index contributed by atoms with van der Waals surface area (Å²) in [6, 6.07) is 0. The van der Waals surface area contributed by atoms with Crippen LogP contribution >= 0.6 is 0 Å². The van der Waals surface area contributed by atoms with Gasteiger partial charge in [-0.2, -0.15) is 0 Å². The number of hydrogen-bond donors (Lipinski definition) is 2. The smallest absolute Gasteiger partial charge is 0.00436 e. The minimum Gasteiger partial charge on any atom is -0.367 e. The predicted octanol–water partition coefficient (Wildman–Crippen LogP) is 1.90. The Balaban J connectivity index is 2.25. The van der Waals surface area contributed by atoms with Gasteiger partial charge in [0.25, 0.3) is 0 Å². The van der Waals surface area contributed by atoms with E-state index in [1.54, 1.807) is 0 Å². The van der Waals surface area contributed by atoms with Gasteiger partial charge >= 0.3 is 0 Å². The summed E-state index contributed by atoms with van der Waals surface area (Å²) in [4.78, 5) is 3.22. The Kier molecular flexibility index (Phi) is 2.40. The van der Waals surface area contributed by atoms with Crippen molar-refractivity contribution in [2.45, 2.75) is 25.7 Å². The molecule has 0 saturated heterocycles. The molecular weight excluding hydrogens is 160 g/mol. The first-order valence-corrected chi connectivity index (χ1v) is 5.13. The predicted molar refractivity (Wildman–Crippen MR) is 54.9 cm³/mol. The van der Waals surface area contributed by atoms with Crippen LogP contribution in [0.3, 0.4) is 0 Å². The molecule has 0 fully saturated rings. The van der Waals surface area contributed by atoms with Crippen LogP contribution in [-0.4, -0.2) is 18.6 Å². The minimum absolute atomic E-state index is 0.708. The second-order valence-corrected chi connectivity index (χ2v) is 4.12. The second-order valence-electron chi connectivity index (χ2n) is 4.12. The summed E-state index contributed by atoms with van der Waals surface area (Å²) in [7, 11) is 2.04. The number of fused-ring (bicyclic) bond motifs is 1. The van der Waals surface area contributed by atoms with Crippen LogP contribution in [0.25, 0.3) is 0 Å². The molecule has 2 nitrogen and oxygen atoms in total. The quantitative estimate of drug-likeness (QED) is 0.711. The molecule has 0 aliphatic heterocycles. The maximum atomic E-state index is 3.28. The molecule has 0 saturated carbocycles. The second kappa shape index (κ2) is 3.54. The van der Waals surface area contributed by atoms with Gasteiger partial charge in [0.2, 0.25) is 0 Å². The maximum absolute atomic E-state index is 3.28. The van der Waals surface area contributed by atoms with E-state index in [1.165, 1.54) is 24.0 Å². The molecule has 2 N–H and O–H groups in total. The van der Waals surface area contributed by atoms with Gasteiger partial charge in [-0.15, -0.1) is 0 Å². The van der Waals surface area contributed by atoms with Gasteiger partial charge < -0.3 is 10.3 Å². The molecule has 2 rings (SSSR count). The summed E-state index contributed by atoms with van der Waals surface area (Å²) in [5.74, 6) is 1.52. The SMILES string of the molecule is CNCC1c2c[nH]cc2CCC1C. The minimum atomic E-state index is 0.708. The highest BCUT2D eigenvalue weighted by Gasteiger charge is 2.26. The molecule has 1 aliphatic rings. The number of hydrogen-bond acceptors (Lipinski definition) is 1. The van der Waals surface area contributed by atoms with Crippen molar-refractivity contribution in [1.29, 1.82) is 0 Å². The van der Waals surface area contributed by atoms with Gasteiger partial charge in [0, 0.05) is 24.9 Å². The van der Waals surface area contributed by atoms with E-state index in [1.807, 2.05) is 7.05 Å². The fourth-order valence-corrected chi connectivity index (χ4v) is 2.39. The maximum Gasteiger partial charge on any atom is 0.00436 e. The van der Waals surface area contributed by atoms with Crippen LogP contribution < -0.4 is 5.32 Å². The summed E-state index contributed by atoms with van der Waals surface area (Å²) < 4.78 is 0. The van der Waals surface area contributed by atoms with Gasteiger partial charge in [0.1, 0.15) is 0 Å². The highest BCUT2D eigenvalue weighted by molar-refractivity contribution is 5.30. The van der Waals surface area contributed by atoms with Crippen LogP contribution in [0.15, 0.2) is 12.4 Å². The number of likely N-dealkylation sites (N-methyl/N-ethyl adjacent to an activating group) is 1. The number of aryl methyl sites for hydroxylation is 1. The standard InChI is InChI=1S/C11H18N2/c1-8-3-4-9-5-13-7-11(9)10(8)6-12-2/h5,7-8,10,12-13H,3-4,6H2,1-2H3. The van der Waals surface area contributed by atoms with Crippen LogP contribution in [-0.2, 0) is 6.42 Å². The summed E-state index contributed by atoms with van der Waals surface area (Å²) in [5, 5.41) is 3.28. The van der Waals surface area contributed by atoms with Gasteiger partial charge in [0.05, 0.1) is 0 Å². The molecule has 1 aromatic heterocycles. The monoisotopic (exact) mass is 178 g/mol. The largest absolute Gasteiger partial charge is 0.367 e. The third-order valence-corrected chi connectivity index (χ3v) is 3.25. The van der Waals surface area contributed by atoms with Crippen LogP contribution in [0.2, 0.25) is 0 Å².